The predicted octanol–water partition coefficient (Wildman–Crippen LogP) is 3.27. The lowest BCUT2D eigenvalue weighted by Crippen LogP contribution is -2.03. The van der Waals surface area contributed by atoms with Crippen molar-refractivity contribution < 1.29 is 9.53 Å². The van der Waals surface area contributed by atoms with Crippen LogP contribution in [-0.4, -0.2) is 18.1 Å². The number of anilines is 2. The molecule has 18 heavy (non-hydrogen) atoms. The zero-order valence-electron chi connectivity index (χ0n) is 9.68. The largest absolute Gasteiger partial charge is 0.465 e. The molecule has 1 aromatic carbocycles. The van der Waals surface area contributed by atoms with E-state index in [0.717, 1.165) is 5.69 Å². The van der Waals surface area contributed by atoms with Gasteiger partial charge in [-0.25, -0.2) is 9.78 Å². The quantitative estimate of drug-likeness (QED) is 0.863. The molecule has 0 fully saturated rings. The highest BCUT2D eigenvalue weighted by Gasteiger charge is 2.11. The zero-order valence-corrected chi connectivity index (χ0v) is 10.4. The Morgan fingerprint density at radius 3 is 2.83 bits per heavy atom. The van der Waals surface area contributed by atoms with E-state index >= 15 is 0 Å². The molecule has 1 N–H and O–H groups in total. The van der Waals surface area contributed by atoms with E-state index in [0.29, 0.717) is 16.4 Å². The monoisotopic (exact) mass is 262 g/mol. The summed E-state index contributed by atoms with van der Waals surface area (Å²) in [6.07, 6.45) is 1.68. The first-order chi connectivity index (χ1) is 8.70. The van der Waals surface area contributed by atoms with Gasteiger partial charge in [-0.3, -0.25) is 0 Å². The van der Waals surface area contributed by atoms with E-state index in [1.165, 1.54) is 7.11 Å². The molecular weight excluding hydrogens is 252 g/mol. The van der Waals surface area contributed by atoms with Crippen LogP contribution in [0.1, 0.15) is 10.4 Å². The minimum Gasteiger partial charge on any atom is -0.465 e. The lowest BCUT2D eigenvalue weighted by Gasteiger charge is -2.08. The molecule has 0 amide bonds. The molecule has 0 aliphatic carbocycles. The van der Waals surface area contributed by atoms with Crippen LogP contribution in [0.4, 0.5) is 11.5 Å². The van der Waals surface area contributed by atoms with Crippen molar-refractivity contribution in [1.82, 2.24) is 4.98 Å². The van der Waals surface area contributed by atoms with Crippen molar-refractivity contribution in [2.45, 2.75) is 0 Å². The van der Waals surface area contributed by atoms with Crippen LogP contribution in [0.2, 0.25) is 5.02 Å². The standard InChI is InChI=1S/C13H11ClN2O2/c1-18-13(17)10-8-9(5-6-11(10)14)16-12-4-2-3-7-15-12/h2-8H,1H3,(H,15,16). The van der Waals surface area contributed by atoms with E-state index < -0.39 is 5.97 Å². The van der Waals surface area contributed by atoms with E-state index in [1.807, 2.05) is 18.2 Å². The van der Waals surface area contributed by atoms with Crippen LogP contribution in [0.15, 0.2) is 42.6 Å². The van der Waals surface area contributed by atoms with E-state index in [9.17, 15) is 4.79 Å². The Bertz CT molecular complexity index is 558. The summed E-state index contributed by atoms with van der Waals surface area (Å²) in [4.78, 5) is 15.6. The van der Waals surface area contributed by atoms with Gasteiger partial charge < -0.3 is 10.1 Å². The van der Waals surface area contributed by atoms with Crippen LogP contribution in [0, 0.1) is 0 Å². The molecular formula is C13H11ClN2O2. The minimum atomic E-state index is -0.468. The third kappa shape index (κ3) is 2.78. The fraction of sp³-hybridized carbons (Fsp3) is 0.0769. The van der Waals surface area contributed by atoms with Crippen molar-refractivity contribution in [2.75, 3.05) is 12.4 Å². The van der Waals surface area contributed by atoms with E-state index in [1.54, 1.807) is 24.4 Å². The van der Waals surface area contributed by atoms with Crippen molar-refractivity contribution in [3.63, 3.8) is 0 Å². The molecule has 1 heterocycles. The first-order valence-corrected chi connectivity index (χ1v) is 5.64. The van der Waals surface area contributed by atoms with Crippen molar-refractivity contribution in [1.29, 1.82) is 0 Å². The lowest BCUT2D eigenvalue weighted by molar-refractivity contribution is 0.0601. The number of carbonyl (C=O) groups excluding carboxylic acids is 1. The van der Waals surface area contributed by atoms with Crippen molar-refractivity contribution >= 4 is 29.1 Å². The minimum absolute atomic E-state index is 0.320. The van der Waals surface area contributed by atoms with E-state index in [2.05, 4.69) is 15.0 Å². The Morgan fingerprint density at radius 1 is 1.33 bits per heavy atom. The second kappa shape index (κ2) is 5.51. The summed E-state index contributed by atoms with van der Waals surface area (Å²) in [5.41, 5.74) is 1.04. The Hall–Kier alpha value is -2.07. The van der Waals surface area contributed by atoms with Gasteiger partial charge >= 0.3 is 5.97 Å². The van der Waals surface area contributed by atoms with Crippen LogP contribution < -0.4 is 5.32 Å². The maximum absolute atomic E-state index is 11.5. The van der Waals surface area contributed by atoms with Crippen molar-refractivity contribution in [3.05, 3.63) is 53.2 Å². The highest BCUT2D eigenvalue weighted by atomic mass is 35.5. The first kappa shape index (κ1) is 12.4. The summed E-state index contributed by atoms with van der Waals surface area (Å²) < 4.78 is 4.66. The molecule has 0 spiro atoms. The van der Waals surface area contributed by atoms with Gasteiger partial charge in [0.2, 0.25) is 0 Å². The fourth-order valence-corrected chi connectivity index (χ4v) is 1.65. The summed E-state index contributed by atoms with van der Waals surface area (Å²) in [5, 5.41) is 3.43. The van der Waals surface area contributed by atoms with Crippen molar-refractivity contribution in [3.8, 4) is 0 Å². The molecule has 0 saturated heterocycles. The number of carbonyl (C=O) groups is 1. The summed E-state index contributed by atoms with van der Waals surface area (Å²) >= 11 is 5.93. The SMILES string of the molecule is COC(=O)c1cc(Nc2ccccn2)ccc1Cl. The summed E-state index contributed by atoms with van der Waals surface area (Å²) in [6, 6.07) is 10.6. The maximum Gasteiger partial charge on any atom is 0.339 e. The number of halogens is 1. The summed E-state index contributed by atoms with van der Waals surface area (Å²) in [6.45, 7) is 0. The molecule has 0 aliphatic rings. The van der Waals surface area contributed by atoms with Crippen LogP contribution in [0.25, 0.3) is 0 Å². The fourth-order valence-electron chi connectivity index (χ4n) is 1.45. The van der Waals surface area contributed by atoms with Gasteiger partial charge in [-0.2, -0.15) is 0 Å². The van der Waals surface area contributed by atoms with E-state index in [-0.39, 0.29) is 0 Å². The van der Waals surface area contributed by atoms with Gasteiger partial charge in [0, 0.05) is 11.9 Å². The molecule has 0 radical (unpaired) electrons. The van der Waals surface area contributed by atoms with Crippen LogP contribution in [-0.2, 0) is 4.74 Å². The van der Waals surface area contributed by atoms with Gasteiger partial charge in [0.15, 0.2) is 0 Å². The number of aromatic nitrogens is 1. The predicted molar refractivity (Wildman–Crippen MR) is 70.3 cm³/mol. The molecule has 92 valence electrons. The van der Waals surface area contributed by atoms with Crippen LogP contribution in [0.5, 0.6) is 0 Å². The number of rotatable bonds is 3. The van der Waals surface area contributed by atoms with Gasteiger partial charge in [-0.05, 0) is 30.3 Å². The van der Waals surface area contributed by atoms with Gasteiger partial charge in [0.1, 0.15) is 5.82 Å². The summed E-state index contributed by atoms with van der Waals surface area (Å²) in [5.74, 6) is 0.223. The molecule has 0 saturated carbocycles. The lowest BCUT2D eigenvalue weighted by atomic mass is 10.2. The highest BCUT2D eigenvalue weighted by molar-refractivity contribution is 6.33. The number of nitrogens with one attached hydrogen (secondary N) is 1. The zero-order chi connectivity index (χ0) is 13.0. The normalized spacial score (nSPS) is 9.89. The Balaban J connectivity index is 2.27. The van der Waals surface area contributed by atoms with Crippen LogP contribution in [0.3, 0.4) is 0 Å². The second-order valence-corrected chi connectivity index (χ2v) is 3.93. The van der Waals surface area contributed by atoms with Gasteiger partial charge in [-0.1, -0.05) is 17.7 Å². The second-order valence-electron chi connectivity index (χ2n) is 3.53. The molecule has 0 atom stereocenters. The summed E-state index contributed by atoms with van der Waals surface area (Å²) in [7, 11) is 1.32. The molecule has 1 aromatic heterocycles. The number of methoxy groups -OCH3 is 1. The van der Waals surface area contributed by atoms with Crippen LogP contribution >= 0.6 is 11.6 Å². The smallest absolute Gasteiger partial charge is 0.339 e. The van der Waals surface area contributed by atoms with Crippen molar-refractivity contribution in [2.24, 2.45) is 0 Å². The number of esters is 1. The van der Waals surface area contributed by atoms with Gasteiger partial charge in [0.05, 0.1) is 17.7 Å². The topological polar surface area (TPSA) is 51.2 Å². The third-order valence-corrected chi connectivity index (χ3v) is 2.64. The van der Waals surface area contributed by atoms with Gasteiger partial charge in [0.25, 0.3) is 0 Å². The number of benzene rings is 1. The molecule has 0 bridgehead atoms. The average molecular weight is 263 g/mol. The number of nitrogens with zero attached hydrogens (tertiary/aromatic N) is 1. The average Bonchev–Trinajstić information content (AvgIpc) is 2.41. The number of hydrogen-bond acceptors (Lipinski definition) is 4. The molecule has 0 aliphatic heterocycles. The third-order valence-electron chi connectivity index (χ3n) is 2.31. The molecule has 0 unspecified atom stereocenters. The van der Waals surface area contributed by atoms with E-state index in [4.69, 9.17) is 11.6 Å². The Labute approximate surface area is 110 Å². The maximum atomic E-state index is 11.5. The highest BCUT2D eigenvalue weighted by Crippen LogP contribution is 2.23. The molecule has 4 nitrogen and oxygen atoms in total. The number of hydrogen-bond donors (Lipinski definition) is 1. The Morgan fingerprint density at radius 2 is 2.17 bits per heavy atom. The molecule has 5 heteroatoms. The van der Waals surface area contributed by atoms with Gasteiger partial charge in [-0.15, -0.1) is 0 Å². The number of ether oxygens (including phenoxy) is 1. The number of pyridine rings is 1. The molecule has 2 rings (SSSR count). The first-order valence-electron chi connectivity index (χ1n) is 5.26. The molecule has 2 aromatic rings. The Kier molecular flexibility index (Phi) is 3.79.